The molecule has 1 aromatic rings. The van der Waals surface area contributed by atoms with Gasteiger partial charge in [-0.05, 0) is 56.4 Å². The fourth-order valence-electron chi connectivity index (χ4n) is 2.52. The molecule has 0 N–H and O–H groups in total. The second kappa shape index (κ2) is 22.4. The van der Waals surface area contributed by atoms with E-state index in [1.807, 2.05) is 31.9 Å². The number of hydrogen-bond acceptors (Lipinski definition) is 3. The molecular formula is C28H46F3NO2. The van der Waals surface area contributed by atoms with E-state index in [0.29, 0.717) is 5.78 Å². The minimum atomic E-state index is -4.65. The van der Waals surface area contributed by atoms with Crippen LogP contribution in [-0.4, -0.2) is 19.2 Å². The second-order valence-electron chi connectivity index (χ2n) is 7.90. The molecule has 1 unspecified atom stereocenters. The van der Waals surface area contributed by atoms with Crippen LogP contribution in [0.5, 0.6) is 5.75 Å². The summed E-state index contributed by atoms with van der Waals surface area (Å²) >= 11 is 0. The summed E-state index contributed by atoms with van der Waals surface area (Å²) in [6.45, 7) is 14.7. The molecule has 0 spiro atoms. The number of ketones is 1. The number of carbonyl (C=O) groups is 1. The molecule has 34 heavy (non-hydrogen) atoms. The molecule has 0 fully saturated rings. The lowest BCUT2D eigenvalue weighted by atomic mass is 10.00. The fraction of sp³-hybridized carbons (Fsp3) is 0.607. The molecule has 0 aliphatic rings. The van der Waals surface area contributed by atoms with Gasteiger partial charge in [-0.25, -0.2) is 0 Å². The third-order valence-corrected chi connectivity index (χ3v) is 4.63. The van der Waals surface area contributed by atoms with E-state index in [-0.39, 0.29) is 5.75 Å². The van der Waals surface area contributed by atoms with Crippen molar-refractivity contribution in [2.24, 2.45) is 5.92 Å². The van der Waals surface area contributed by atoms with Gasteiger partial charge in [0.05, 0.1) is 0 Å². The number of rotatable bonds is 10. The highest BCUT2D eigenvalue weighted by atomic mass is 19.4. The Morgan fingerprint density at radius 1 is 1.06 bits per heavy atom. The molecular weight excluding hydrogens is 439 g/mol. The zero-order valence-electron chi connectivity index (χ0n) is 22.5. The van der Waals surface area contributed by atoms with Crippen molar-refractivity contribution in [3.63, 3.8) is 0 Å². The predicted octanol–water partition coefficient (Wildman–Crippen LogP) is 9.18. The first-order valence-electron chi connectivity index (χ1n) is 12.1. The number of halogens is 3. The van der Waals surface area contributed by atoms with Crippen molar-refractivity contribution in [2.45, 2.75) is 99.8 Å². The van der Waals surface area contributed by atoms with Crippen molar-refractivity contribution in [3.05, 3.63) is 36.0 Å². The standard InChI is InChI=1S/C13H16F3NO.C10H20O.C3H8.C2H2/c1-4-5-10(2)17(3)11-6-8-12(9-7-11)18-13(14,15)16;1-4-6-10(11)8-7-9(3)5-2;1-3-2;1-2/h5-9H,4H2,1-3H3;9H,4-8H2,1-3H3;3H2,1-2H3;1-2H/b10-5-;;;. The van der Waals surface area contributed by atoms with E-state index in [1.165, 1.54) is 25.0 Å². The van der Waals surface area contributed by atoms with Gasteiger partial charge >= 0.3 is 6.36 Å². The highest BCUT2D eigenvalue weighted by molar-refractivity contribution is 5.78. The van der Waals surface area contributed by atoms with Gasteiger partial charge in [-0.2, -0.15) is 0 Å². The maximum Gasteiger partial charge on any atom is 0.573 e. The molecule has 1 atom stereocenters. The van der Waals surface area contributed by atoms with E-state index in [9.17, 15) is 18.0 Å². The zero-order chi connectivity index (χ0) is 27.2. The van der Waals surface area contributed by atoms with E-state index >= 15 is 0 Å². The first kappa shape index (κ1) is 36.2. The van der Waals surface area contributed by atoms with Crippen LogP contribution in [0.4, 0.5) is 18.9 Å². The Kier molecular flexibility index (Phi) is 23.8. The molecule has 0 amide bonds. The molecule has 0 aliphatic carbocycles. The average Bonchev–Trinajstić information content (AvgIpc) is 2.79. The molecule has 0 aromatic heterocycles. The summed E-state index contributed by atoms with van der Waals surface area (Å²) in [5, 5.41) is 0. The van der Waals surface area contributed by atoms with E-state index < -0.39 is 6.36 Å². The summed E-state index contributed by atoms with van der Waals surface area (Å²) in [7, 11) is 1.86. The van der Waals surface area contributed by atoms with Crippen LogP contribution in [0.2, 0.25) is 0 Å². The lowest BCUT2D eigenvalue weighted by molar-refractivity contribution is -0.274. The average molecular weight is 486 g/mol. The van der Waals surface area contributed by atoms with Crippen molar-refractivity contribution >= 4 is 11.5 Å². The van der Waals surface area contributed by atoms with Gasteiger partial charge in [-0.1, -0.05) is 60.5 Å². The minimum Gasteiger partial charge on any atom is -0.406 e. The van der Waals surface area contributed by atoms with Crippen LogP contribution >= 0.6 is 0 Å². The van der Waals surface area contributed by atoms with Crippen LogP contribution in [0.3, 0.4) is 0 Å². The molecule has 196 valence electrons. The number of alkyl halides is 3. The third-order valence-electron chi connectivity index (χ3n) is 4.63. The Hall–Kier alpha value is -2.42. The molecule has 0 aliphatic heterocycles. The lowest BCUT2D eigenvalue weighted by Crippen LogP contribution is -2.17. The van der Waals surface area contributed by atoms with Gasteiger partial charge in [0.25, 0.3) is 0 Å². The summed E-state index contributed by atoms with van der Waals surface area (Å²) < 4.78 is 39.8. The summed E-state index contributed by atoms with van der Waals surface area (Å²) in [5.41, 5.74) is 1.86. The topological polar surface area (TPSA) is 29.5 Å². The van der Waals surface area contributed by atoms with Crippen LogP contribution in [0.1, 0.15) is 93.4 Å². The van der Waals surface area contributed by atoms with Crippen molar-refractivity contribution in [2.75, 3.05) is 11.9 Å². The van der Waals surface area contributed by atoms with Crippen molar-refractivity contribution in [1.82, 2.24) is 0 Å². The molecule has 0 heterocycles. The zero-order valence-corrected chi connectivity index (χ0v) is 22.5. The molecule has 1 aromatic carbocycles. The highest BCUT2D eigenvalue weighted by Crippen LogP contribution is 2.26. The van der Waals surface area contributed by atoms with E-state index in [4.69, 9.17) is 0 Å². The summed E-state index contributed by atoms with van der Waals surface area (Å²) in [6.07, 6.45) is 12.4. The van der Waals surface area contributed by atoms with Crippen molar-refractivity contribution < 1.29 is 22.7 Å². The second-order valence-corrected chi connectivity index (χ2v) is 7.90. The summed E-state index contributed by atoms with van der Waals surface area (Å²) in [5.74, 6) is 0.945. The van der Waals surface area contributed by atoms with E-state index in [0.717, 1.165) is 49.4 Å². The molecule has 6 heteroatoms. The van der Waals surface area contributed by atoms with Crippen LogP contribution in [0, 0.1) is 18.8 Å². The number of nitrogens with zero attached hydrogens (tertiary/aromatic N) is 1. The van der Waals surface area contributed by atoms with Crippen LogP contribution in [-0.2, 0) is 4.79 Å². The molecule has 0 bridgehead atoms. The van der Waals surface area contributed by atoms with Gasteiger partial charge in [0.2, 0.25) is 0 Å². The van der Waals surface area contributed by atoms with Crippen LogP contribution in [0.15, 0.2) is 36.0 Å². The number of carbonyl (C=O) groups excluding carboxylic acids is 1. The molecule has 1 rings (SSSR count). The van der Waals surface area contributed by atoms with Crippen molar-refractivity contribution in [3.8, 4) is 18.6 Å². The van der Waals surface area contributed by atoms with Crippen LogP contribution in [0.25, 0.3) is 0 Å². The van der Waals surface area contributed by atoms with E-state index in [1.54, 1.807) is 12.1 Å². The van der Waals surface area contributed by atoms with Crippen LogP contribution < -0.4 is 9.64 Å². The Morgan fingerprint density at radius 2 is 1.56 bits per heavy atom. The Balaban J connectivity index is -0.000000513. The van der Waals surface area contributed by atoms with Gasteiger partial charge in [0.15, 0.2) is 0 Å². The SMILES string of the molecule is C#C.CC/C=C(/C)N(C)c1ccc(OC(F)(F)F)cc1.CCC.CCCC(=O)CCC(C)CC. The highest BCUT2D eigenvalue weighted by Gasteiger charge is 2.30. The Labute approximate surface area is 206 Å². The van der Waals surface area contributed by atoms with Gasteiger partial charge in [0.1, 0.15) is 11.5 Å². The van der Waals surface area contributed by atoms with Gasteiger partial charge in [-0.15, -0.1) is 26.0 Å². The maximum absolute atomic E-state index is 12.0. The summed E-state index contributed by atoms with van der Waals surface area (Å²) in [6, 6.07) is 5.79. The largest absolute Gasteiger partial charge is 0.573 e. The quantitative estimate of drug-likeness (QED) is 0.309. The number of allylic oxidation sites excluding steroid dienone is 2. The molecule has 3 nitrogen and oxygen atoms in total. The Bertz CT molecular complexity index is 664. The first-order valence-corrected chi connectivity index (χ1v) is 12.1. The predicted molar refractivity (Wildman–Crippen MR) is 140 cm³/mol. The van der Waals surface area contributed by atoms with Gasteiger partial charge in [-0.3, -0.25) is 4.79 Å². The normalized spacial score (nSPS) is 11.4. The molecule has 0 radical (unpaired) electrons. The minimum absolute atomic E-state index is 0.211. The van der Waals surface area contributed by atoms with Gasteiger partial charge < -0.3 is 9.64 Å². The third kappa shape index (κ3) is 21.4. The molecule has 0 saturated carbocycles. The number of ether oxygens (including phenoxy) is 1. The van der Waals surface area contributed by atoms with Gasteiger partial charge in [0, 0.05) is 31.3 Å². The van der Waals surface area contributed by atoms with Crippen molar-refractivity contribution in [1.29, 1.82) is 0 Å². The molecule has 0 saturated heterocycles. The first-order chi connectivity index (χ1) is 15.9. The monoisotopic (exact) mass is 485 g/mol. The number of benzene rings is 1. The number of hydrogen-bond donors (Lipinski definition) is 0. The number of anilines is 1. The fourth-order valence-corrected chi connectivity index (χ4v) is 2.52. The maximum atomic E-state index is 12.0. The Morgan fingerprint density at radius 3 is 1.94 bits per heavy atom. The lowest BCUT2D eigenvalue weighted by Gasteiger charge is -2.20. The number of Topliss-reactive ketones (excluding diaryl/α,β-unsaturated/α-hetero) is 1. The number of terminal acetylenes is 1. The smallest absolute Gasteiger partial charge is 0.406 e. The summed E-state index contributed by atoms with van der Waals surface area (Å²) in [4.78, 5) is 13.0. The van der Waals surface area contributed by atoms with E-state index in [2.05, 4.69) is 52.2 Å².